The Morgan fingerprint density at radius 1 is 1.53 bits per heavy atom. The van der Waals surface area contributed by atoms with Crippen molar-refractivity contribution in [1.29, 1.82) is 0 Å². The van der Waals surface area contributed by atoms with Crippen molar-refractivity contribution in [2.75, 3.05) is 6.54 Å². The fourth-order valence-corrected chi connectivity index (χ4v) is 2.77. The molecule has 0 saturated carbocycles. The van der Waals surface area contributed by atoms with Crippen molar-refractivity contribution < 1.29 is 4.74 Å². The normalized spacial score (nSPS) is 18.5. The van der Waals surface area contributed by atoms with Gasteiger partial charge in [-0.15, -0.1) is 16.4 Å². The van der Waals surface area contributed by atoms with E-state index in [-0.39, 0.29) is 6.10 Å². The van der Waals surface area contributed by atoms with Crippen LogP contribution in [0.5, 0.6) is 0 Å². The van der Waals surface area contributed by atoms with Gasteiger partial charge in [-0.2, -0.15) is 0 Å². The van der Waals surface area contributed by atoms with Crippen LogP contribution >= 0.6 is 11.3 Å². The maximum atomic E-state index is 5.81. The molecule has 102 valence electrons. The van der Waals surface area contributed by atoms with Crippen LogP contribution in [0.15, 0.2) is 5.38 Å². The van der Waals surface area contributed by atoms with Crippen LogP contribution in [0.1, 0.15) is 22.1 Å². The SMILES string of the molecule is Cc1nc(CNCC2Cn3nnc(C)c3CO2)cs1. The Kier molecular flexibility index (Phi) is 3.58. The second-order valence-electron chi connectivity index (χ2n) is 4.73. The summed E-state index contributed by atoms with van der Waals surface area (Å²) in [4.78, 5) is 4.42. The van der Waals surface area contributed by atoms with Crippen molar-refractivity contribution in [2.45, 2.75) is 39.6 Å². The number of rotatable bonds is 4. The van der Waals surface area contributed by atoms with Crippen molar-refractivity contribution in [1.82, 2.24) is 25.3 Å². The second-order valence-corrected chi connectivity index (χ2v) is 5.79. The molecule has 7 heteroatoms. The zero-order valence-electron chi connectivity index (χ0n) is 11.1. The van der Waals surface area contributed by atoms with Crippen LogP contribution in [0.4, 0.5) is 0 Å². The summed E-state index contributed by atoms with van der Waals surface area (Å²) in [5, 5.41) is 14.8. The lowest BCUT2D eigenvalue weighted by molar-refractivity contribution is 0.000661. The van der Waals surface area contributed by atoms with Crippen LogP contribution in [0, 0.1) is 13.8 Å². The average Bonchev–Trinajstić information content (AvgIpc) is 2.97. The molecule has 6 nitrogen and oxygen atoms in total. The molecule has 1 aliphatic heterocycles. The first-order valence-electron chi connectivity index (χ1n) is 6.34. The van der Waals surface area contributed by atoms with E-state index < -0.39 is 0 Å². The minimum atomic E-state index is 0.147. The van der Waals surface area contributed by atoms with Crippen molar-refractivity contribution in [3.8, 4) is 0 Å². The monoisotopic (exact) mass is 279 g/mol. The third-order valence-electron chi connectivity index (χ3n) is 3.21. The van der Waals surface area contributed by atoms with Crippen molar-refractivity contribution in [3.63, 3.8) is 0 Å². The van der Waals surface area contributed by atoms with Gasteiger partial charge in [0.1, 0.15) is 0 Å². The molecule has 0 spiro atoms. The van der Waals surface area contributed by atoms with Gasteiger partial charge < -0.3 is 10.1 Å². The lowest BCUT2D eigenvalue weighted by atomic mass is 10.2. The van der Waals surface area contributed by atoms with Crippen LogP contribution < -0.4 is 5.32 Å². The Balaban J connectivity index is 1.50. The summed E-state index contributed by atoms with van der Waals surface area (Å²) in [7, 11) is 0. The molecule has 19 heavy (non-hydrogen) atoms. The predicted octanol–water partition coefficient (Wildman–Crippen LogP) is 1.04. The zero-order valence-corrected chi connectivity index (χ0v) is 11.9. The predicted molar refractivity (Wildman–Crippen MR) is 71.9 cm³/mol. The van der Waals surface area contributed by atoms with E-state index >= 15 is 0 Å². The van der Waals surface area contributed by atoms with Gasteiger partial charge in [0.15, 0.2) is 0 Å². The Bertz CT molecular complexity index is 564. The molecule has 0 aromatic carbocycles. The lowest BCUT2D eigenvalue weighted by Crippen LogP contribution is -2.36. The summed E-state index contributed by atoms with van der Waals surface area (Å²) in [5.41, 5.74) is 3.14. The summed E-state index contributed by atoms with van der Waals surface area (Å²) < 4.78 is 7.75. The molecular formula is C12H17N5OS. The van der Waals surface area contributed by atoms with Crippen LogP contribution in [0.3, 0.4) is 0 Å². The standard InChI is InChI=1S/C12H17N5OS/c1-8-12-6-18-11(5-17(12)16-15-8)4-13-3-10-7-19-9(2)14-10/h7,11,13H,3-6H2,1-2H3. The van der Waals surface area contributed by atoms with Crippen molar-refractivity contribution >= 4 is 11.3 Å². The first-order chi connectivity index (χ1) is 9.22. The van der Waals surface area contributed by atoms with Crippen LogP contribution in [0.25, 0.3) is 0 Å². The zero-order chi connectivity index (χ0) is 13.2. The molecule has 1 atom stereocenters. The first kappa shape index (κ1) is 12.7. The average molecular weight is 279 g/mol. The quantitative estimate of drug-likeness (QED) is 0.906. The molecule has 1 unspecified atom stereocenters. The van der Waals surface area contributed by atoms with Crippen LogP contribution in [-0.4, -0.2) is 32.6 Å². The minimum absolute atomic E-state index is 0.147. The number of hydrogen-bond donors (Lipinski definition) is 1. The molecule has 0 saturated heterocycles. The Morgan fingerprint density at radius 3 is 3.21 bits per heavy atom. The molecule has 2 aromatic rings. The summed E-state index contributed by atoms with van der Waals surface area (Å²) in [6.45, 7) is 6.93. The molecule has 1 aliphatic rings. The highest BCUT2D eigenvalue weighted by molar-refractivity contribution is 7.09. The number of aromatic nitrogens is 4. The number of fused-ring (bicyclic) bond motifs is 1. The topological polar surface area (TPSA) is 64.9 Å². The van der Waals surface area contributed by atoms with Crippen molar-refractivity contribution in [2.24, 2.45) is 0 Å². The molecule has 0 fully saturated rings. The molecular weight excluding hydrogens is 262 g/mol. The highest BCUT2D eigenvalue weighted by Gasteiger charge is 2.21. The van der Waals surface area contributed by atoms with Gasteiger partial charge in [0.25, 0.3) is 0 Å². The minimum Gasteiger partial charge on any atom is -0.369 e. The van der Waals surface area contributed by atoms with E-state index in [1.165, 1.54) is 0 Å². The number of nitrogens with one attached hydrogen (secondary N) is 1. The molecule has 3 rings (SSSR count). The van der Waals surface area contributed by atoms with E-state index in [1.54, 1.807) is 11.3 Å². The van der Waals surface area contributed by atoms with E-state index in [9.17, 15) is 0 Å². The summed E-state index contributed by atoms with van der Waals surface area (Å²) in [6, 6.07) is 0. The van der Waals surface area contributed by atoms with E-state index in [4.69, 9.17) is 4.74 Å². The van der Waals surface area contributed by atoms with Gasteiger partial charge in [-0.05, 0) is 13.8 Å². The second kappa shape index (κ2) is 5.36. The van der Waals surface area contributed by atoms with E-state index in [0.717, 1.165) is 41.7 Å². The Hall–Kier alpha value is -1.31. The molecule has 0 bridgehead atoms. The van der Waals surface area contributed by atoms with Gasteiger partial charge in [0, 0.05) is 18.5 Å². The molecule has 0 radical (unpaired) electrons. The summed E-state index contributed by atoms with van der Waals surface area (Å²) in [5.74, 6) is 0. The molecule has 3 heterocycles. The highest BCUT2D eigenvalue weighted by Crippen LogP contribution is 2.14. The van der Waals surface area contributed by atoms with Crippen molar-refractivity contribution in [3.05, 3.63) is 27.5 Å². The van der Waals surface area contributed by atoms with Gasteiger partial charge >= 0.3 is 0 Å². The maximum Gasteiger partial charge on any atom is 0.0909 e. The molecule has 1 N–H and O–H groups in total. The molecule has 0 aliphatic carbocycles. The van der Waals surface area contributed by atoms with Gasteiger partial charge in [-0.25, -0.2) is 9.67 Å². The fourth-order valence-electron chi connectivity index (χ4n) is 2.16. The number of aryl methyl sites for hydroxylation is 2. The van der Waals surface area contributed by atoms with Crippen LogP contribution in [-0.2, 0) is 24.4 Å². The van der Waals surface area contributed by atoms with Gasteiger partial charge in [-0.3, -0.25) is 0 Å². The number of ether oxygens (including phenoxy) is 1. The number of hydrogen-bond acceptors (Lipinski definition) is 6. The Morgan fingerprint density at radius 2 is 2.42 bits per heavy atom. The van der Waals surface area contributed by atoms with E-state index in [0.29, 0.717) is 6.61 Å². The number of nitrogens with zero attached hydrogens (tertiary/aromatic N) is 4. The largest absolute Gasteiger partial charge is 0.369 e. The van der Waals surface area contributed by atoms with Gasteiger partial charge in [0.2, 0.25) is 0 Å². The highest BCUT2D eigenvalue weighted by atomic mass is 32.1. The van der Waals surface area contributed by atoms with E-state index in [2.05, 4.69) is 26.0 Å². The Labute approximate surface area is 115 Å². The lowest BCUT2D eigenvalue weighted by Gasteiger charge is -2.24. The fraction of sp³-hybridized carbons (Fsp3) is 0.583. The summed E-state index contributed by atoms with van der Waals surface area (Å²) in [6.07, 6.45) is 0.147. The molecule has 2 aromatic heterocycles. The third kappa shape index (κ3) is 2.83. The summed E-state index contributed by atoms with van der Waals surface area (Å²) >= 11 is 1.68. The third-order valence-corrected chi connectivity index (χ3v) is 4.03. The maximum absolute atomic E-state index is 5.81. The van der Waals surface area contributed by atoms with Gasteiger partial charge in [0.05, 0.1) is 41.3 Å². The van der Waals surface area contributed by atoms with Gasteiger partial charge in [-0.1, -0.05) is 5.21 Å². The first-order valence-corrected chi connectivity index (χ1v) is 7.22. The molecule has 0 amide bonds. The van der Waals surface area contributed by atoms with E-state index in [1.807, 2.05) is 18.5 Å². The number of thiazole rings is 1. The smallest absolute Gasteiger partial charge is 0.0909 e. The van der Waals surface area contributed by atoms with Crippen LogP contribution in [0.2, 0.25) is 0 Å².